The van der Waals surface area contributed by atoms with Crippen molar-refractivity contribution in [3.8, 4) is 11.1 Å². The topological polar surface area (TPSA) is 40.9 Å². The number of hydrogen-bond acceptors (Lipinski definition) is 4. The maximum absolute atomic E-state index is 11.8. The van der Waals surface area contributed by atoms with Gasteiger partial charge in [0, 0.05) is 71.7 Å². The molecule has 0 aliphatic carbocycles. The number of aromatic nitrogens is 2. The fourth-order valence-electron chi connectivity index (χ4n) is 4.69. The van der Waals surface area contributed by atoms with Crippen molar-refractivity contribution in [3.63, 3.8) is 0 Å². The largest absolute Gasteiger partial charge is 0.318 e. The van der Waals surface area contributed by atoms with E-state index < -0.39 is 0 Å². The van der Waals surface area contributed by atoms with Crippen LogP contribution in [-0.4, -0.2) is 58.7 Å². The molecule has 5 heteroatoms. The second-order valence-electron chi connectivity index (χ2n) is 8.40. The molecule has 0 spiro atoms. The highest BCUT2D eigenvalue weighted by Crippen LogP contribution is 2.32. The summed E-state index contributed by atoms with van der Waals surface area (Å²) in [6.45, 7) is 6.50. The molecule has 29 heavy (non-hydrogen) atoms. The van der Waals surface area contributed by atoms with Gasteiger partial charge in [-0.3, -0.25) is 14.7 Å². The summed E-state index contributed by atoms with van der Waals surface area (Å²) in [6, 6.07) is 9.08. The Balaban J connectivity index is 1.75. The van der Waals surface area contributed by atoms with E-state index in [2.05, 4.69) is 65.5 Å². The van der Waals surface area contributed by atoms with Crippen molar-refractivity contribution in [2.75, 3.05) is 27.2 Å². The molecule has 0 radical (unpaired) electrons. The van der Waals surface area contributed by atoms with Gasteiger partial charge in [-0.2, -0.15) is 0 Å². The predicted octanol–water partition coefficient (Wildman–Crippen LogP) is 4.21. The zero-order valence-electron chi connectivity index (χ0n) is 17.8. The highest BCUT2D eigenvalue weighted by molar-refractivity contribution is 5.82. The van der Waals surface area contributed by atoms with Crippen molar-refractivity contribution in [1.82, 2.24) is 19.2 Å². The third kappa shape index (κ3) is 3.72. The molecule has 1 atom stereocenters. The molecule has 0 aromatic carbocycles. The first kappa shape index (κ1) is 19.8. The van der Waals surface area contributed by atoms with E-state index in [1.54, 1.807) is 6.20 Å². The van der Waals surface area contributed by atoms with E-state index in [9.17, 15) is 4.79 Å². The molecule has 152 valence electrons. The highest BCUT2D eigenvalue weighted by Gasteiger charge is 2.27. The number of piperidine rings is 1. The third-order valence-corrected chi connectivity index (χ3v) is 6.52. The van der Waals surface area contributed by atoms with Gasteiger partial charge in [0.25, 0.3) is 0 Å². The standard InChI is InChI=1S/C24H30N4O/c1-17-21(16-29)13-23-12-20(19-6-5-9-25-14-19)15-28(23)24(17)18(2)27-10-7-22(8-11-27)26(3)4/h5-6,9,12-16,18,22H,7-8,10-11H2,1-4H3. The van der Waals surface area contributed by atoms with Crippen molar-refractivity contribution in [2.45, 2.75) is 38.8 Å². The Kier molecular flexibility index (Phi) is 5.52. The van der Waals surface area contributed by atoms with E-state index in [1.807, 2.05) is 18.3 Å². The van der Waals surface area contributed by atoms with Crippen LogP contribution in [0.4, 0.5) is 0 Å². The zero-order valence-corrected chi connectivity index (χ0v) is 17.8. The lowest BCUT2D eigenvalue weighted by molar-refractivity contribution is 0.111. The summed E-state index contributed by atoms with van der Waals surface area (Å²) in [4.78, 5) is 20.9. The van der Waals surface area contributed by atoms with Gasteiger partial charge < -0.3 is 9.30 Å². The van der Waals surface area contributed by atoms with Gasteiger partial charge in [-0.15, -0.1) is 0 Å². The average Bonchev–Trinajstić information content (AvgIpc) is 3.17. The summed E-state index contributed by atoms with van der Waals surface area (Å²) in [6.07, 6.45) is 9.21. The van der Waals surface area contributed by atoms with E-state index in [4.69, 9.17) is 0 Å². The van der Waals surface area contributed by atoms with Gasteiger partial charge in [0.05, 0.1) is 0 Å². The molecule has 1 aliphatic rings. The molecule has 3 aromatic heterocycles. The van der Waals surface area contributed by atoms with Crippen molar-refractivity contribution in [3.05, 3.63) is 59.7 Å². The molecule has 3 aromatic rings. The molecule has 0 amide bonds. The van der Waals surface area contributed by atoms with E-state index >= 15 is 0 Å². The number of likely N-dealkylation sites (tertiary alicyclic amines) is 1. The molecular weight excluding hydrogens is 360 g/mol. The number of rotatable bonds is 5. The number of fused-ring (bicyclic) bond motifs is 1. The monoisotopic (exact) mass is 390 g/mol. The first-order valence-electron chi connectivity index (χ1n) is 10.4. The lowest BCUT2D eigenvalue weighted by Crippen LogP contribution is -2.43. The summed E-state index contributed by atoms with van der Waals surface area (Å²) < 4.78 is 2.27. The van der Waals surface area contributed by atoms with Crippen LogP contribution in [0.1, 0.15) is 47.4 Å². The number of carbonyl (C=O) groups is 1. The molecule has 0 N–H and O–H groups in total. The Labute approximate surface area is 173 Å². The number of pyridine rings is 2. The molecule has 4 rings (SSSR count). The minimum Gasteiger partial charge on any atom is -0.318 e. The second kappa shape index (κ2) is 8.09. The minimum absolute atomic E-state index is 0.245. The number of hydrogen-bond donors (Lipinski definition) is 0. The predicted molar refractivity (Wildman–Crippen MR) is 117 cm³/mol. The fraction of sp³-hybridized carbons (Fsp3) is 0.417. The van der Waals surface area contributed by atoms with Crippen LogP contribution in [0, 0.1) is 6.92 Å². The van der Waals surface area contributed by atoms with Gasteiger partial charge >= 0.3 is 0 Å². The Morgan fingerprint density at radius 1 is 1.21 bits per heavy atom. The van der Waals surface area contributed by atoms with Gasteiger partial charge in [-0.25, -0.2) is 0 Å². The number of carbonyl (C=O) groups excluding carboxylic acids is 1. The Morgan fingerprint density at radius 2 is 1.97 bits per heavy atom. The molecule has 1 aliphatic heterocycles. The lowest BCUT2D eigenvalue weighted by atomic mass is 9.98. The first-order chi connectivity index (χ1) is 14.0. The fourth-order valence-corrected chi connectivity index (χ4v) is 4.69. The summed E-state index contributed by atoms with van der Waals surface area (Å²) >= 11 is 0. The highest BCUT2D eigenvalue weighted by atomic mass is 16.1. The Bertz CT molecular complexity index is 1000. The second-order valence-corrected chi connectivity index (χ2v) is 8.40. The van der Waals surface area contributed by atoms with E-state index in [-0.39, 0.29) is 6.04 Å². The van der Waals surface area contributed by atoms with Crippen LogP contribution in [-0.2, 0) is 0 Å². The van der Waals surface area contributed by atoms with Crippen LogP contribution in [0.15, 0.2) is 42.9 Å². The number of nitrogens with zero attached hydrogens (tertiary/aromatic N) is 4. The molecule has 1 saturated heterocycles. The molecule has 0 bridgehead atoms. The summed E-state index contributed by atoms with van der Waals surface area (Å²) in [7, 11) is 4.34. The normalized spacial score (nSPS) is 17.1. The van der Waals surface area contributed by atoms with Gasteiger partial charge in [-0.05, 0) is 64.5 Å². The summed E-state index contributed by atoms with van der Waals surface area (Å²) in [5.74, 6) is 0. The van der Waals surface area contributed by atoms with Gasteiger partial charge in [0.1, 0.15) is 6.29 Å². The van der Waals surface area contributed by atoms with E-state index in [1.165, 1.54) is 18.5 Å². The Morgan fingerprint density at radius 3 is 2.59 bits per heavy atom. The van der Waals surface area contributed by atoms with E-state index in [0.29, 0.717) is 6.04 Å². The third-order valence-electron chi connectivity index (χ3n) is 6.52. The van der Waals surface area contributed by atoms with Gasteiger partial charge in [0.2, 0.25) is 0 Å². The van der Waals surface area contributed by atoms with Crippen LogP contribution in [0.2, 0.25) is 0 Å². The molecule has 1 unspecified atom stereocenters. The van der Waals surface area contributed by atoms with Crippen molar-refractivity contribution >= 4 is 11.8 Å². The molecular formula is C24H30N4O. The first-order valence-corrected chi connectivity index (χ1v) is 10.4. The van der Waals surface area contributed by atoms with Crippen LogP contribution in [0.25, 0.3) is 16.6 Å². The van der Waals surface area contributed by atoms with Crippen LogP contribution >= 0.6 is 0 Å². The van der Waals surface area contributed by atoms with Crippen LogP contribution in [0.5, 0.6) is 0 Å². The number of aldehydes is 1. The summed E-state index contributed by atoms with van der Waals surface area (Å²) in [5, 5.41) is 0. The smallest absolute Gasteiger partial charge is 0.150 e. The quantitative estimate of drug-likeness (QED) is 0.612. The zero-order chi connectivity index (χ0) is 20.5. The molecule has 0 saturated carbocycles. The SMILES string of the molecule is Cc1c(C=O)cc2cc(-c3cccnc3)cn2c1C(C)N1CCC(N(C)C)CC1. The minimum atomic E-state index is 0.245. The molecule has 4 heterocycles. The molecule has 5 nitrogen and oxygen atoms in total. The Hall–Kier alpha value is -2.50. The van der Waals surface area contributed by atoms with Crippen molar-refractivity contribution in [1.29, 1.82) is 0 Å². The van der Waals surface area contributed by atoms with Crippen LogP contribution < -0.4 is 0 Å². The van der Waals surface area contributed by atoms with Crippen molar-refractivity contribution in [2.24, 2.45) is 0 Å². The average molecular weight is 391 g/mol. The molecule has 1 fully saturated rings. The summed E-state index contributed by atoms with van der Waals surface area (Å²) in [5.41, 5.74) is 6.33. The van der Waals surface area contributed by atoms with Gasteiger partial charge in [-0.1, -0.05) is 6.07 Å². The van der Waals surface area contributed by atoms with Gasteiger partial charge in [0.15, 0.2) is 0 Å². The maximum atomic E-state index is 11.8. The maximum Gasteiger partial charge on any atom is 0.150 e. The lowest BCUT2D eigenvalue weighted by Gasteiger charge is -2.39. The van der Waals surface area contributed by atoms with Crippen molar-refractivity contribution < 1.29 is 4.79 Å². The van der Waals surface area contributed by atoms with E-state index in [0.717, 1.165) is 47.1 Å². The van der Waals surface area contributed by atoms with Crippen LogP contribution in [0.3, 0.4) is 0 Å².